The average Bonchev–Trinajstić information content (AvgIpc) is 2.79. The van der Waals surface area contributed by atoms with Crippen LogP contribution < -0.4 is 33.2 Å². The number of guanidine groups is 1. The van der Waals surface area contributed by atoms with E-state index in [1.807, 2.05) is 0 Å². The number of rotatable bonds is 17. The van der Waals surface area contributed by atoms with Crippen LogP contribution in [0, 0.1) is 5.92 Å². The van der Waals surface area contributed by atoms with Crippen molar-refractivity contribution in [1.82, 2.24) is 16.0 Å². The van der Waals surface area contributed by atoms with Crippen LogP contribution in [-0.2, 0) is 24.0 Å². The minimum atomic E-state index is -1.29. The highest BCUT2D eigenvalue weighted by Gasteiger charge is 2.32. The van der Waals surface area contributed by atoms with Gasteiger partial charge in [-0.2, -0.15) is 12.6 Å². The quantitative estimate of drug-likeness (QED) is 0.0431. The molecule has 0 saturated heterocycles. The SMILES string of the molecule is CCC(C)C(NC(=O)C(CCC(=O)O)NC(=O)C(N)CCCN=C(N)N)C(=O)NC(CS)C(=O)O. The number of hydrogen-bond acceptors (Lipinski definition) is 8. The zero-order valence-electron chi connectivity index (χ0n) is 19.9. The Hall–Kier alpha value is -3.07. The van der Waals surface area contributed by atoms with Crippen molar-refractivity contribution in [3.63, 3.8) is 0 Å². The van der Waals surface area contributed by atoms with Crippen LogP contribution in [0.1, 0.15) is 46.0 Å². The lowest BCUT2D eigenvalue weighted by molar-refractivity contribution is -0.142. The number of carbonyl (C=O) groups is 5. The molecule has 0 aliphatic carbocycles. The van der Waals surface area contributed by atoms with Crippen molar-refractivity contribution in [3.8, 4) is 0 Å². The molecule has 0 radical (unpaired) electrons. The first-order valence-electron chi connectivity index (χ1n) is 11.1. The zero-order chi connectivity index (χ0) is 27.1. The summed E-state index contributed by atoms with van der Waals surface area (Å²) in [6.45, 7) is 3.70. The number of carbonyl (C=O) groups excluding carboxylic acids is 3. The van der Waals surface area contributed by atoms with Gasteiger partial charge in [-0.05, 0) is 25.2 Å². The summed E-state index contributed by atoms with van der Waals surface area (Å²) >= 11 is 3.90. The number of nitrogens with two attached hydrogens (primary N) is 3. The van der Waals surface area contributed by atoms with E-state index in [1.165, 1.54) is 0 Å². The second-order valence-electron chi connectivity index (χ2n) is 8.00. The van der Waals surface area contributed by atoms with Crippen molar-refractivity contribution < 1.29 is 34.2 Å². The van der Waals surface area contributed by atoms with Crippen molar-refractivity contribution in [3.05, 3.63) is 0 Å². The molecular formula is C20H37N7O7S. The predicted molar refractivity (Wildman–Crippen MR) is 131 cm³/mol. The van der Waals surface area contributed by atoms with Crippen LogP contribution in [0.5, 0.6) is 0 Å². The van der Waals surface area contributed by atoms with E-state index in [2.05, 4.69) is 33.6 Å². The standard InChI is InChI=1S/C20H37N7O7S/c1-3-10(2)15(18(32)26-13(9-35)19(33)34)27-17(31)12(6-7-14(28)29)25-16(30)11(21)5-4-8-24-20(22)23/h10-13,15,35H,3-9,21H2,1-2H3,(H,25,30)(H,26,32)(H,27,31)(H,28,29)(H,33,34)(H4,22,23,24). The fourth-order valence-electron chi connectivity index (χ4n) is 2.87. The molecule has 5 atom stereocenters. The van der Waals surface area contributed by atoms with Crippen LogP contribution >= 0.6 is 12.6 Å². The molecule has 0 rings (SSSR count). The van der Waals surface area contributed by atoms with E-state index < -0.39 is 66.2 Å². The number of carboxylic acids is 2. The van der Waals surface area contributed by atoms with E-state index in [0.717, 1.165) is 0 Å². The number of nitrogens with zero attached hydrogens (tertiary/aromatic N) is 1. The molecule has 0 heterocycles. The van der Waals surface area contributed by atoms with E-state index in [1.54, 1.807) is 13.8 Å². The van der Waals surface area contributed by atoms with Gasteiger partial charge >= 0.3 is 11.9 Å². The van der Waals surface area contributed by atoms with Crippen molar-refractivity contribution in [1.29, 1.82) is 0 Å². The van der Waals surface area contributed by atoms with Crippen LogP contribution in [0.2, 0.25) is 0 Å². The largest absolute Gasteiger partial charge is 0.481 e. The molecular weight excluding hydrogens is 482 g/mol. The highest BCUT2D eigenvalue weighted by Crippen LogP contribution is 2.10. The monoisotopic (exact) mass is 519 g/mol. The first kappa shape index (κ1) is 31.9. The third-order valence-corrected chi connectivity index (χ3v) is 5.54. The van der Waals surface area contributed by atoms with Gasteiger partial charge in [-0.3, -0.25) is 24.2 Å². The highest BCUT2D eigenvalue weighted by atomic mass is 32.1. The molecule has 0 bridgehead atoms. The lowest BCUT2D eigenvalue weighted by atomic mass is 9.97. The molecule has 0 aromatic heterocycles. The maximum atomic E-state index is 13.0. The summed E-state index contributed by atoms with van der Waals surface area (Å²) in [4.78, 5) is 64.2. The number of aliphatic imine (C=N–C) groups is 1. The molecule has 0 spiro atoms. The van der Waals surface area contributed by atoms with Gasteiger partial charge in [-0.15, -0.1) is 0 Å². The molecule has 11 N–H and O–H groups in total. The van der Waals surface area contributed by atoms with Gasteiger partial charge in [0.1, 0.15) is 18.1 Å². The van der Waals surface area contributed by atoms with Crippen LogP contribution in [0.4, 0.5) is 0 Å². The van der Waals surface area contributed by atoms with Gasteiger partial charge in [-0.25, -0.2) is 4.79 Å². The van der Waals surface area contributed by atoms with Crippen LogP contribution in [0.25, 0.3) is 0 Å². The van der Waals surface area contributed by atoms with Crippen molar-refractivity contribution in [2.45, 2.75) is 70.1 Å². The fraction of sp³-hybridized carbons (Fsp3) is 0.700. The van der Waals surface area contributed by atoms with Gasteiger partial charge in [0, 0.05) is 18.7 Å². The Morgan fingerprint density at radius 3 is 2.03 bits per heavy atom. The van der Waals surface area contributed by atoms with Gasteiger partial charge < -0.3 is 43.4 Å². The summed E-state index contributed by atoms with van der Waals surface area (Å²) in [5.41, 5.74) is 16.3. The van der Waals surface area contributed by atoms with Gasteiger partial charge in [0.2, 0.25) is 17.7 Å². The Bertz CT molecular complexity index is 777. The molecule has 14 nitrogen and oxygen atoms in total. The summed E-state index contributed by atoms with van der Waals surface area (Å²) < 4.78 is 0. The topological polar surface area (TPSA) is 252 Å². The molecule has 15 heteroatoms. The molecule has 0 aliphatic heterocycles. The first-order valence-corrected chi connectivity index (χ1v) is 11.7. The summed E-state index contributed by atoms with van der Waals surface area (Å²) in [5, 5.41) is 25.4. The fourth-order valence-corrected chi connectivity index (χ4v) is 3.12. The highest BCUT2D eigenvalue weighted by molar-refractivity contribution is 7.80. The summed E-state index contributed by atoms with van der Waals surface area (Å²) in [5.74, 6) is -5.37. The predicted octanol–water partition coefficient (Wildman–Crippen LogP) is -2.25. The lowest BCUT2D eigenvalue weighted by Crippen LogP contribution is -2.59. The zero-order valence-corrected chi connectivity index (χ0v) is 20.8. The van der Waals surface area contributed by atoms with Gasteiger partial charge in [0.05, 0.1) is 6.04 Å². The smallest absolute Gasteiger partial charge is 0.327 e. The molecule has 0 saturated carbocycles. The summed E-state index contributed by atoms with van der Waals surface area (Å²) in [6.07, 6.45) is 0.373. The third kappa shape index (κ3) is 12.8. The Balaban J connectivity index is 5.43. The number of aliphatic carboxylic acids is 2. The maximum Gasteiger partial charge on any atom is 0.327 e. The number of amides is 3. The molecule has 0 aromatic rings. The second kappa shape index (κ2) is 16.5. The molecule has 35 heavy (non-hydrogen) atoms. The second-order valence-corrected chi connectivity index (χ2v) is 8.37. The number of nitrogens with one attached hydrogen (secondary N) is 3. The van der Waals surface area contributed by atoms with E-state index >= 15 is 0 Å². The lowest BCUT2D eigenvalue weighted by Gasteiger charge is -2.27. The van der Waals surface area contributed by atoms with Crippen LogP contribution in [-0.4, -0.2) is 82.3 Å². The Morgan fingerprint density at radius 1 is 0.943 bits per heavy atom. The van der Waals surface area contributed by atoms with Crippen molar-refractivity contribution in [2.24, 2.45) is 28.1 Å². The minimum Gasteiger partial charge on any atom is -0.481 e. The normalized spacial score (nSPS) is 15.0. The number of carboxylic acid groups (broad SMARTS) is 2. The van der Waals surface area contributed by atoms with Crippen LogP contribution in [0.15, 0.2) is 4.99 Å². The number of thiol groups is 1. The average molecular weight is 520 g/mol. The van der Waals surface area contributed by atoms with E-state index in [0.29, 0.717) is 12.8 Å². The van der Waals surface area contributed by atoms with Crippen LogP contribution in [0.3, 0.4) is 0 Å². The molecule has 0 aromatic carbocycles. The van der Waals surface area contributed by atoms with Gasteiger partial charge in [0.25, 0.3) is 0 Å². The Labute approximate surface area is 209 Å². The molecule has 0 aliphatic rings. The molecule has 5 unspecified atom stereocenters. The summed E-state index contributed by atoms with van der Waals surface area (Å²) in [7, 11) is 0. The van der Waals surface area contributed by atoms with Crippen molar-refractivity contribution >= 4 is 48.2 Å². The summed E-state index contributed by atoms with van der Waals surface area (Å²) in [6, 6.07) is -4.70. The van der Waals surface area contributed by atoms with E-state index in [-0.39, 0.29) is 31.1 Å². The molecule has 3 amide bonds. The van der Waals surface area contributed by atoms with Gasteiger partial charge in [0.15, 0.2) is 5.96 Å². The Kier molecular flexibility index (Phi) is 15.1. The van der Waals surface area contributed by atoms with E-state index in [4.69, 9.17) is 27.4 Å². The van der Waals surface area contributed by atoms with E-state index in [9.17, 15) is 24.0 Å². The van der Waals surface area contributed by atoms with Gasteiger partial charge in [-0.1, -0.05) is 20.3 Å². The Morgan fingerprint density at radius 2 is 1.54 bits per heavy atom. The molecule has 200 valence electrons. The molecule has 0 fully saturated rings. The van der Waals surface area contributed by atoms with Crippen molar-refractivity contribution in [2.75, 3.05) is 12.3 Å². The minimum absolute atomic E-state index is 0.0997. The number of hydrogen-bond donors (Lipinski definition) is 9. The first-order chi connectivity index (χ1) is 16.3. The third-order valence-electron chi connectivity index (χ3n) is 5.17. The maximum absolute atomic E-state index is 13.0.